The van der Waals surface area contributed by atoms with Gasteiger partial charge in [-0.25, -0.2) is 4.79 Å². The first kappa shape index (κ1) is 33.1. The van der Waals surface area contributed by atoms with Crippen LogP contribution in [0.25, 0.3) is 0 Å². The molecule has 0 saturated carbocycles. The van der Waals surface area contributed by atoms with Gasteiger partial charge in [-0.05, 0) is 48.4 Å². The van der Waals surface area contributed by atoms with Crippen molar-refractivity contribution in [1.82, 2.24) is 9.13 Å². The molecule has 3 atom stereocenters. The van der Waals surface area contributed by atoms with Crippen molar-refractivity contribution >= 4 is 22.5 Å². The van der Waals surface area contributed by atoms with Gasteiger partial charge in [0.25, 0.3) is 11.5 Å². The molecule has 11 heteroatoms. The van der Waals surface area contributed by atoms with Crippen molar-refractivity contribution < 1.29 is 22.8 Å². The summed E-state index contributed by atoms with van der Waals surface area (Å²) < 4.78 is 36.3. The fourth-order valence-electron chi connectivity index (χ4n) is 4.12. The van der Waals surface area contributed by atoms with Gasteiger partial charge in [-0.3, -0.25) is 14.2 Å². The number of hydrogen-bond acceptors (Lipinski definition) is 6. The zero-order chi connectivity index (χ0) is 31.2. The van der Waals surface area contributed by atoms with Crippen LogP contribution in [-0.4, -0.2) is 50.0 Å². The lowest BCUT2D eigenvalue weighted by molar-refractivity contribution is -0.0924. The Morgan fingerprint density at radius 1 is 1.07 bits per heavy atom. The Labute approximate surface area is 244 Å². The average Bonchev–Trinajstić information content (AvgIpc) is 3.22. The molecule has 8 nitrogen and oxygen atoms in total. The smallest absolute Gasteiger partial charge is 0.340 e. The van der Waals surface area contributed by atoms with E-state index in [0.717, 1.165) is 10.8 Å². The molecule has 0 bridgehead atoms. The highest BCUT2D eigenvalue weighted by Crippen LogP contribution is 2.46. The maximum absolute atomic E-state index is 15.0. The number of aromatic nitrogens is 2. The van der Waals surface area contributed by atoms with Crippen LogP contribution in [0.3, 0.4) is 0 Å². The molecular formula is C30H45FN2O6Si2. The summed E-state index contributed by atoms with van der Waals surface area (Å²) in [4.78, 5) is 39.5. The zero-order valence-corrected chi connectivity index (χ0v) is 28.0. The van der Waals surface area contributed by atoms with E-state index in [4.69, 9.17) is 13.6 Å². The molecule has 1 saturated heterocycles. The molecule has 1 aliphatic rings. The van der Waals surface area contributed by atoms with Crippen molar-refractivity contribution in [2.24, 2.45) is 0 Å². The summed E-state index contributed by atoms with van der Waals surface area (Å²) in [7, 11) is -4.61. The lowest BCUT2D eigenvalue weighted by Gasteiger charge is -2.44. The average molecular weight is 605 g/mol. The molecule has 3 rings (SSSR count). The van der Waals surface area contributed by atoms with Crippen molar-refractivity contribution in [1.29, 1.82) is 0 Å². The summed E-state index contributed by atoms with van der Waals surface area (Å²) in [5, 5.41) is -0.201. The van der Waals surface area contributed by atoms with Gasteiger partial charge in [0.15, 0.2) is 16.6 Å². The van der Waals surface area contributed by atoms with Crippen LogP contribution in [0.1, 0.15) is 64.5 Å². The molecule has 0 amide bonds. The van der Waals surface area contributed by atoms with Crippen molar-refractivity contribution in [2.75, 3.05) is 6.61 Å². The van der Waals surface area contributed by atoms with E-state index in [1.807, 2.05) is 0 Å². The van der Waals surface area contributed by atoms with E-state index in [1.165, 1.54) is 12.1 Å². The number of hydrogen-bond donors (Lipinski definition) is 0. The fraction of sp³-hybridized carbons (Fsp3) is 0.567. The Hall–Kier alpha value is -2.45. The molecule has 2 heterocycles. The maximum atomic E-state index is 15.0. The molecule has 0 unspecified atom stereocenters. The molecule has 0 spiro atoms. The van der Waals surface area contributed by atoms with Crippen LogP contribution >= 0.6 is 0 Å². The second-order valence-corrected chi connectivity index (χ2v) is 23.4. The minimum Gasteiger partial charge on any atom is -0.413 e. The molecule has 0 radical (unpaired) electrons. The monoisotopic (exact) mass is 604 g/mol. The number of carbonyl (C=O) groups is 1. The normalized spacial score (nSPS) is 22.1. The molecule has 0 N–H and O–H groups in total. The van der Waals surface area contributed by atoms with Crippen LogP contribution in [-0.2, 0) is 13.6 Å². The standard InChI is InChI=1S/C30H45FN2O6Si2/c1-12-30(20-37-40(8,9)28(2,3)4)23(39-41(10,11)29(5,6)7)18-24(38-30)32-19-22(31)26(35)33(27(32)36)25(34)21-16-14-13-15-17-21/h12-17,19,23-24H,1,18,20H2,2-11H3/t23-,24+,30+/m0/s1. The summed E-state index contributed by atoms with van der Waals surface area (Å²) >= 11 is 0. The Morgan fingerprint density at radius 3 is 2.15 bits per heavy atom. The van der Waals surface area contributed by atoms with Gasteiger partial charge in [-0.1, -0.05) is 65.8 Å². The Morgan fingerprint density at radius 2 is 1.63 bits per heavy atom. The lowest BCUT2D eigenvalue weighted by atomic mass is 9.98. The fourth-order valence-corrected chi connectivity index (χ4v) is 6.50. The summed E-state index contributed by atoms with van der Waals surface area (Å²) in [6.45, 7) is 25.5. The van der Waals surface area contributed by atoms with E-state index in [9.17, 15) is 14.4 Å². The van der Waals surface area contributed by atoms with Crippen LogP contribution in [0.4, 0.5) is 4.39 Å². The molecule has 1 aliphatic heterocycles. The third-order valence-electron chi connectivity index (χ3n) is 8.98. The van der Waals surface area contributed by atoms with Gasteiger partial charge in [0.1, 0.15) is 11.8 Å². The minimum atomic E-state index is -2.37. The van der Waals surface area contributed by atoms with E-state index in [0.29, 0.717) is 4.57 Å². The van der Waals surface area contributed by atoms with Gasteiger partial charge < -0.3 is 13.6 Å². The lowest BCUT2D eigenvalue weighted by Crippen LogP contribution is -2.54. The molecule has 0 aliphatic carbocycles. The van der Waals surface area contributed by atoms with Crippen molar-refractivity contribution in [3.8, 4) is 0 Å². The van der Waals surface area contributed by atoms with Gasteiger partial charge >= 0.3 is 5.69 Å². The third kappa shape index (κ3) is 6.49. The molecule has 1 aromatic carbocycles. The first-order valence-corrected chi connectivity index (χ1v) is 19.8. The Balaban J connectivity index is 2.12. The van der Waals surface area contributed by atoms with Crippen molar-refractivity contribution in [2.45, 2.75) is 102 Å². The highest BCUT2D eigenvalue weighted by molar-refractivity contribution is 6.74. The van der Waals surface area contributed by atoms with Crippen molar-refractivity contribution in [3.05, 3.63) is 81.4 Å². The summed E-state index contributed by atoms with van der Waals surface area (Å²) in [5.41, 5.74) is -3.38. The second kappa shape index (κ2) is 11.3. The van der Waals surface area contributed by atoms with Gasteiger partial charge in [0.2, 0.25) is 5.82 Å². The number of nitrogens with zero attached hydrogens (tertiary/aromatic N) is 2. The number of benzene rings is 1. The van der Waals surface area contributed by atoms with Crippen LogP contribution in [0.2, 0.25) is 36.3 Å². The van der Waals surface area contributed by atoms with Crippen LogP contribution in [0.15, 0.2) is 58.8 Å². The van der Waals surface area contributed by atoms with Gasteiger partial charge in [-0.15, -0.1) is 6.58 Å². The highest BCUT2D eigenvalue weighted by atomic mass is 28.4. The van der Waals surface area contributed by atoms with E-state index < -0.39 is 57.5 Å². The van der Waals surface area contributed by atoms with Gasteiger partial charge in [-0.2, -0.15) is 8.96 Å². The summed E-state index contributed by atoms with van der Waals surface area (Å²) in [6.07, 6.45) is 1.00. The summed E-state index contributed by atoms with van der Waals surface area (Å²) in [6, 6.07) is 7.80. The molecule has 1 fully saturated rings. The molecule has 2 aromatic rings. The molecule has 41 heavy (non-hydrogen) atoms. The molecule has 1 aromatic heterocycles. The molecular weight excluding hydrogens is 560 g/mol. The van der Waals surface area contributed by atoms with E-state index in [2.05, 4.69) is 74.3 Å². The van der Waals surface area contributed by atoms with Gasteiger partial charge in [0, 0.05) is 12.0 Å². The maximum Gasteiger partial charge on any atom is 0.340 e. The zero-order valence-electron chi connectivity index (χ0n) is 26.0. The number of rotatable bonds is 8. The first-order valence-electron chi connectivity index (χ1n) is 13.9. The third-order valence-corrected chi connectivity index (χ3v) is 17.9. The largest absolute Gasteiger partial charge is 0.413 e. The van der Waals surface area contributed by atoms with Crippen LogP contribution < -0.4 is 11.2 Å². The van der Waals surface area contributed by atoms with E-state index >= 15 is 4.39 Å². The van der Waals surface area contributed by atoms with Crippen molar-refractivity contribution in [3.63, 3.8) is 0 Å². The Kier molecular flexibility index (Phi) is 9.13. The quantitative estimate of drug-likeness (QED) is 0.268. The van der Waals surface area contributed by atoms with Crippen LogP contribution in [0, 0.1) is 5.82 Å². The Bertz CT molecular complexity index is 1410. The number of halogens is 1. The SMILES string of the molecule is C=C[C@]1(CO[Si](C)(C)C(C)(C)C)O[C@@H](n2cc(F)c(=O)n(C(=O)c3ccccc3)c2=O)C[C@@H]1O[Si](C)(C)C(C)(C)C. The minimum absolute atomic E-state index is 0.0729. The highest BCUT2D eigenvalue weighted by Gasteiger charge is 2.54. The predicted octanol–water partition coefficient (Wildman–Crippen LogP) is 6.09. The van der Waals surface area contributed by atoms with Crippen LogP contribution in [0.5, 0.6) is 0 Å². The topological polar surface area (TPSA) is 88.8 Å². The van der Waals surface area contributed by atoms with E-state index in [1.54, 1.807) is 24.3 Å². The number of ether oxygens (including phenoxy) is 1. The van der Waals surface area contributed by atoms with Gasteiger partial charge in [0.05, 0.1) is 18.9 Å². The van der Waals surface area contributed by atoms with E-state index in [-0.39, 0.29) is 28.7 Å². The summed E-state index contributed by atoms with van der Waals surface area (Å²) in [5.74, 6) is -2.16. The first-order chi connectivity index (χ1) is 18.7. The molecule has 226 valence electrons. The number of carbonyl (C=O) groups excluding carboxylic acids is 1. The second-order valence-electron chi connectivity index (χ2n) is 13.9. The predicted molar refractivity (Wildman–Crippen MR) is 164 cm³/mol.